The Balaban J connectivity index is 2.87. The number of carbonyl (C=O) groups excluding carboxylic acids is 1. The Morgan fingerprint density at radius 2 is 2.21 bits per heavy atom. The highest BCUT2D eigenvalue weighted by Gasteiger charge is 2.13. The van der Waals surface area contributed by atoms with Gasteiger partial charge in [-0.3, -0.25) is 4.79 Å². The van der Waals surface area contributed by atoms with Crippen LogP contribution < -0.4 is 10.5 Å². The molecular formula is C10H12FNO2. The topological polar surface area (TPSA) is 52.3 Å². The fourth-order valence-electron chi connectivity index (χ4n) is 0.960. The minimum absolute atomic E-state index is 0.0521. The zero-order chi connectivity index (χ0) is 10.7. The zero-order valence-electron chi connectivity index (χ0n) is 8.08. The summed E-state index contributed by atoms with van der Waals surface area (Å²) in [5.74, 6) is -1.03. The highest BCUT2D eigenvalue weighted by molar-refractivity contribution is 5.78. The van der Waals surface area contributed by atoms with Crippen LogP contribution in [0.25, 0.3) is 0 Å². The minimum atomic E-state index is -0.828. The Morgan fingerprint density at radius 3 is 2.79 bits per heavy atom. The quantitative estimate of drug-likeness (QED) is 0.796. The summed E-state index contributed by atoms with van der Waals surface area (Å²) in [5, 5.41) is 0. The van der Waals surface area contributed by atoms with Gasteiger partial charge in [-0.25, -0.2) is 4.39 Å². The second-order valence-corrected chi connectivity index (χ2v) is 3.05. The number of primary amides is 1. The number of nitrogens with two attached hydrogens (primary N) is 1. The van der Waals surface area contributed by atoms with Crippen molar-refractivity contribution in [3.63, 3.8) is 0 Å². The number of benzene rings is 1. The lowest BCUT2D eigenvalue weighted by atomic mass is 10.2. The summed E-state index contributed by atoms with van der Waals surface area (Å²) in [6.07, 6.45) is -0.828. The van der Waals surface area contributed by atoms with Crippen molar-refractivity contribution in [1.29, 1.82) is 0 Å². The highest BCUT2D eigenvalue weighted by Crippen LogP contribution is 2.20. The lowest BCUT2D eigenvalue weighted by molar-refractivity contribution is -0.124. The molecule has 0 bridgehead atoms. The zero-order valence-corrected chi connectivity index (χ0v) is 8.08. The lowest BCUT2D eigenvalue weighted by Gasteiger charge is -2.12. The van der Waals surface area contributed by atoms with Crippen molar-refractivity contribution in [1.82, 2.24) is 0 Å². The Kier molecular flexibility index (Phi) is 3.06. The maximum atomic E-state index is 13.3. The van der Waals surface area contributed by atoms with Crippen LogP contribution in [0.3, 0.4) is 0 Å². The van der Waals surface area contributed by atoms with Crippen LogP contribution in [0.5, 0.6) is 5.75 Å². The maximum absolute atomic E-state index is 13.3. The molecule has 1 amide bonds. The fraction of sp³-hybridized carbons (Fsp3) is 0.300. The largest absolute Gasteiger partial charge is 0.478 e. The van der Waals surface area contributed by atoms with Crippen molar-refractivity contribution >= 4 is 5.91 Å². The first kappa shape index (κ1) is 10.5. The number of aryl methyl sites for hydroxylation is 1. The van der Waals surface area contributed by atoms with Crippen molar-refractivity contribution < 1.29 is 13.9 Å². The van der Waals surface area contributed by atoms with Crippen LogP contribution in [-0.2, 0) is 4.79 Å². The van der Waals surface area contributed by atoms with E-state index < -0.39 is 17.8 Å². The Bertz CT molecular complexity index is 352. The van der Waals surface area contributed by atoms with Gasteiger partial charge in [0.1, 0.15) is 0 Å². The van der Waals surface area contributed by atoms with Crippen LogP contribution in [0.2, 0.25) is 0 Å². The van der Waals surface area contributed by atoms with E-state index in [1.807, 2.05) is 0 Å². The van der Waals surface area contributed by atoms with Gasteiger partial charge in [-0.05, 0) is 25.5 Å². The molecule has 0 saturated carbocycles. The van der Waals surface area contributed by atoms with Gasteiger partial charge in [0.05, 0.1) is 0 Å². The number of carbonyl (C=O) groups is 1. The van der Waals surface area contributed by atoms with Crippen molar-refractivity contribution in [2.24, 2.45) is 5.73 Å². The molecular weight excluding hydrogens is 185 g/mol. The van der Waals surface area contributed by atoms with Crippen molar-refractivity contribution in [3.05, 3.63) is 29.6 Å². The molecule has 0 spiro atoms. The van der Waals surface area contributed by atoms with Gasteiger partial charge in [-0.15, -0.1) is 0 Å². The van der Waals surface area contributed by atoms with Gasteiger partial charge in [-0.2, -0.15) is 0 Å². The summed E-state index contributed by atoms with van der Waals surface area (Å²) in [7, 11) is 0. The summed E-state index contributed by atoms with van der Waals surface area (Å²) in [4.78, 5) is 10.7. The van der Waals surface area contributed by atoms with Crippen LogP contribution in [0, 0.1) is 12.7 Å². The summed E-state index contributed by atoms with van der Waals surface area (Å²) in [5.41, 5.74) is 5.46. The average molecular weight is 197 g/mol. The van der Waals surface area contributed by atoms with Crippen molar-refractivity contribution in [3.8, 4) is 5.75 Å². The van der Waals surface area contributed by atoms with Crippen molar-refractivity contribution in [2.75, 3.05) is 0 Å². The Labute approximate surface area is 81.7 Å². The summed E-state index contributed by atoms with van der Waals surface area (Å²) >= 11 is 0. The van der Waals surface area contributed by atoms with Crippen LogP contribution in [0.15, 0.2) is 18.2 Å². The first-order chi connectivity index (χ1) is 6.52. The number of rotatable bonds is 3. The number of halogens is 1. The van der Waals surface area contributed by atoms with E-state index in [1.54, 1.807) is 19.1 Å². The van der Waals surface area contributed by atoms with Crippen LogP contribution in [-0.4, -0.2) is 12.0 Å². The predicted octanol–water partition coefficient (Wildman–Crippen LogP) is 1.39. The third kappa shape index (κ3) is 2.22. The fourth-order valence-corrected chi connectivity index (χ4v) is 0.960. The molecule has 3 nitrogen and oxygen atoms in total. The molecule has 0 radical (unpaired) electrons. The normalized spacial score (nSPS) is 12.2. The summed E-state index contributed by atoms with van der Waals surface area (Å²) in [6.45, 7) is 3.10. The predicted molar refractivity (Wildman–Crippen MR) is 50.4 cm³/mol. The van der Waals surface area contributed by atoms with Gasteiger partial charge < -0.3 is 10.5 Å². The first-order valence-corrected chi connectivity index (χ1v) is 4.23. The molecule has 0 aromatic heterocycles. The average Bonchev–Trinajstić information content (AvgIpc) is 2.12. The van der Waals surface area contributed by atoms with E-state index in [0.29, 0.717) is 5.56 Å². The number of ether oxygens (including phenoxy) is 1. The van der Waals surface area contributed by atoms with Gasteiger partial charge in [0.15, 0.2) is 17.7 Å². The molecule has 1 aromatic carbocycles. The van der Waals surface area contributed by atoms with E-state index in [1.165, 1.54) is 13.0 Å². The molecule has 1 unspecified atom stereocenters. The third-order valence-corrected chi connectivity index (χ3v) is 1.86. The monoisotopic (exact) mass is 197 g/mol. The molecule has 0 heterocycles. The van der Waals surface area contributed by atoms with Gasteiger partial charge in [0.25, 0.3) is 5.91 Å². The van der Waals surface area contributed by atoms with Gasteiger partial charge >= 0.3 is 0 Å². The van der Waals surface area contributed by atoms with E-state index in [2.05, 4.69) is 0 Å². The van der Waals surface area contributed by atoms with E-state index in [0.717, 1.165) is 0 Å². The smallest absolute Gasteiger partial charge is 0.258 e. The van der Waals surface area contributed by atoms with E-state index in [-0.39, 0.29) is 5.75 Å². The first-order valence-electron chi connectivity index (χ1n) is 4.23. The van der Waals surface area contributed by atoms with E-state index in [9.17, 15) is 9.18 Å². The Morgan fingerprint density at radius 1 is 1.57 bits per heavy atom. The second kappa shape index (κ2) is 4.09. The molecule has 2 N–H and O–H groups in total. The Hall–Kier alpha value is -1.58. The summed E-state index contributed by atoms with van der Waals surface area (Å²) < 4.78 is 18.4. The standard InChI is InChI=1S/C10H12FNO2/c1-6-4-3-5-8(9(6)11)14-7(2)10(12)13/h3-5,7H,1-2H3,(H2,12,13). The minimum Gasteiger partial charge on any atom is -0.478 e. The molecule has 0 aliphatic heterocycles. The molecule has 0 saturated heterocycles. The molecule has 1 aromatic rings. The van der Waals surface area contributed by atoms with Gasteiger partial charge in [0.2, 0.25) is 0 Å². The number of hydrogen-bond acceptors (Lipinski definition) is 2. The van der Waals surface area contributed by atoms with Gasteiger partial charge in [0, 0.05) is 0 Å². The van der Waals surface area contributed by atoms with Crippen LogP contribution in [0.4, 0.5) is 4.39 Å². The van der Waals surface area contributed by atoms with E-state index in [4.69, 9.17) is 10.5 Å². The third-order valence-electron chi connectivity index (χ3n) is 1.86. The maximum Gasteiger partial charge on any atom is 0.258 e. The second-order valence-electron chi connectivity index (χ2n) is 3.05. The van der Waals surface area contributed by atoms with E-state index >= 15 is 0 Å². The van der Waals surface area contributed by atoms with Crippen molar-refractivity contribution in [2.45, 2.75) is 20.0 Å². The van der Waals surface area contributed by atoms with Crippen LogP contribution >= 0.6 is 0 Å². The molecule has 1 atom stereocenters. The molecule has 76 valence electrons. The lowest BCUT2D eigenvalue weighted by Crippen LogP contribution is -2.30. The molecule has 0 aliphatic carbocycles. The molecule has 0 fully saturated rings. The molecule has 4 heteroatoms. The molecule has 0 aliphatic rings. The molecule has 14 heavy (non-hydrogen) atoms. The number of hydrogen-bond donors (Lipinski definition) is 1. The van der Waals surface area contributed by atoms with Crippen LogP contribution in [0.1, 0.15) is 12.5 Å². The highest BCUT2D eigenvalue weighted by atomic mass is 19.1. The molecule has 1 rings (SSSR count). The van der Waals surface area contributed by atoms with Gasteiger partial charge in [-0.1, -0.05) is 12.1 Å². The summed E-state index contributed by atoms with van der Waals surface area (Å²) in [6, 6.07) is 4.74. The number of amides is 1. The SMILES string of the molecule is Cc1cccc(OC(C)C(N)=O)c1F.